The van der Waals surface area contributed by atoms with Gasteiger partial charge in [-0.15, -0.1) is 0 Å². The Morgan fingerprint density at radius 2 is 2.04 bits per heavy atom. The summed E-state index contributed by atoms with van der Waals surface area (Å²) >= 11 is 3.47. The number of rotatable bonds is 4. The van der Waals surface area contributed by atoms with E-state index in [9.17, 15) is 4.79 Å². The maximum atomic E-state index is 12.5. The van der Waals surface area contributed by atoms with E-state index in [1.807, 2.05) is 37.2 Å². The van der Waals surface area contributed by atoms with Gasteiger partial charge in [0.05, 0.1) is 5.56 Å². The van der Waals surface area contributed by atoms with Gasteiger partial charge in [0, 0.05) is 37.3 Å². The van der Waals surface area contributed by atoms with Crippen molar-refractivity contribution in [3.8, 4) is 0 Å². The quantitative estimate of drug-likeness (QED) is 0.846. The van der Waals surface area contributed by atoms with Crippen molar-refractivity contribution in [3.05, 3.63) is 63.1 Å². The van der Waals surface area contributed by atoms with Crippen LogP contribution in [0.2, 0.25) is 0 Å². The van der Waals surface area contributed by atoms with Crippen LogP contribution in [0.25, 0.3) is 0 Å². The molecule has 4 nitrogen and oxygen atoms in total. The van der Waals surface area contributed by atoms with Crippen LogP contribution in [0.4, 0.5) is 5.69 Å². The number of hydrogen-bond acceptors (Lipinski definition) is 3. The zero-order valence-electron chi connectivity index (χ0n) is 14.0. The number of carbonyl (C=O) groups excluding carboxylic acids is 1. The number of carbonyl (C=O) groups is 1. The number of halogens is 1. The van der Waals surface area contributed by atoms with Crippen LogP contribution in [-0.2, 0) is 19.5 Å². The molecule has 2 aromatic rings. The predicted octanol–water partition coefficient (Wildman–Crippen LogP) is 3.09. The first kappa shape index (κ1) is 17.0. The van der Waals surface area contributed by atoms with E-state index >= 15 is 0 Å². The van der Waals surface area contributed by atoms with Gasteiger partial charge in [-0.25, -0.2) is 0 Å². The highest BCUT2D eigenvalue weighted by molar-refractivity contribution is 9.10. The molecule has 24 heavy (non-hydrogen) atoms. The van der Waals surface area contributed by atoms with Gasteiger partial charge in [-0.3, -0.25) is 4.79 Å². The molecule has 126 valence electrons. The third-order valence-electron chi connectivity index (χ3n) is 4.32. The van der Waals surface area contributed by atoms with Crippen LogP contribution < -0.4 is 15.5 Å². The van der Waals surface area contributed by atoms with E-state index in [0.29, 0.717) is 12.1 Å². The molecule has 1 aliphatic rings. The Kier molecular flexibility index (Phi) is 5.21. The maximum Gasteiger partial charge on any atom is 0.252 e. The van der Waals surface area contributed by atoms with Gasteiger partial charge < -0.3 is 15.5 Å². The fourth-order valence-corrected chi connectivity index (χ4v) is 3.31. The number of anilines is 1. The summed E-state index contributed by atoms with van der Waals surface area (Å²) < 4.78 is 0.808. The zero-order valence-corrected chi connectivity index (χ0v) is 15.6. The molecular formula is C19H22BrN3O. The van der Waals surface area contributed by atoms with Gasteiger partial charge in [0.1, 0.15) is 0 Å². The molecule has 0 fully saturated rings. The SMILES string of the molecule is CN(C)c1ccc(Br)c(C(=O)NCc2ccc3c(c2)CCNC3)c1. The molecule has 2 N–H and O–H groups in total. The fourth-order valence-electron chi connectivity index (χ4n) is 2.88. The highest BCUT2D eigenvalue weighted by Crippen LogP contribution is 2.23. The molecule has 1 amide bonds. The van der Waals surface area contributed by atoms with Crippen molar-refractivity contribution in [2.75, 3.05) is 25.5 Å². The lowest BCUT2D eigenvalue weighted by Crippen LogP contribution is -2.25. The average Bonchev–Trinajstić information content (AvgIpc) is 2.59. The summed E-state index contributed by atoms with van der Waals surface area (Å²) in [6, 6.07) is 12.3. The largest absolute Gasteiger partial charge is 0.378 e. The summed E-state index contributed by atoms with van der Waals surface area (Å²) in [5.41, 5.74) is 5.55. The third-order valence-corrected chi connectivity index (χ3v) is 5.01. The van der Waals surface area contributed by atoms with Crippen LogP contribution in [0.15, 0.2) is 40.9 Å². The molecule has 0 atom stereocenters. The van der Waals surface area contributed by atoms with Crippen LogP contribution >= 0.6 is 15.9 Å². The molecule has 0 saturated heterocycles. The zero-order chi connectivity index (χ0) is 17.1. The van der Waals surface area contributed by atoms with Gasteiger partial charge in [-0.1, -0.05) is 18.2 Å². The average molecular weight is 388 g/mol. The Bertz CT molecular complexity index is 758. The van der Waals surface area contributed by atoms with Gasteiger partial charge in [0.15, 0.2) is 0 Å². The fraction of sp³-hybridized carbons (Fsp3) is 0.316. The Balaban J connectivity index is 1.70. The summed E-state index contributed by atoms with van der Waals surface area (Å²) in [5, 5.41) is 6.40. The number of hydrogen-bond donors (Lipinski definition) is 2. The highest BCUT2D eigenvalue weighted by Gasteiger charge is 2.13. The summed E-state index contributed by atoms with van der Waals surface area (Å²) in [5.74, 6) is -0.0648. The van der Waals surface area contributed by atoms with E-state index in [4.69, 9.17) is 0 Å². The minimum absolute atomic E-state index is 0.0648. The first-order chi connectivity index (χ1) is 11.5. The molecule has 0 unspecified atom stereocenters. The summed E-state index contributed by atoms with van der Waals surface area (Å²) in [4.78, 5) is 14.5. The van der Waals surface area contributed by atoms with Gasteiger partial charge in [-0.2, -0.15) is 0 Å². The topological polar surface area (TPSA) is 44.4 Å². The minimum atomic E-state index is -0.0648. The van der Waals surface area contributed by atoms with Crippen molar-refractivity contribution in [1.29, 1.82) is 0 Å². The van der Waals surface area contributed by atoms with Gasteiger partial charge in [-0.05, 0) is 63.8 Å². The number of amides is 1. The number of fused-ring (bicyclic) bond motifs is 1. The van der Waals surface area contributed by atoms with E-state index < -0.39 is 0 Å². The Labute approximate surface area is 151 Å². The second kappa shape index (κ2) is 7.36. The standard InChI is InChI=1S/C19H22BrN3O/c1-23(2)16-5-6-18(20)17(10-16)19(24)22-11-13-3-4-15-12-21-8-7-14(15)9-13/h3-6,9-10,21H,7-8,11-12H2,1-2H3,(H,22,24). The molecule has 0 spiro atoms. The van der Waals surface area contributed by atoms with Crippen molar-refractivity contribution in [2.45, 2.75) is 19.5 Å². The first-order valence-electron chi connectivity index (χ1n) is 8.11. The van der Waals surface area contributed by atoms with Crippen molar-refractivity contribution in [2.24, 2.45) is 0 Å². The second-order valence-corrected chi connectivity index (χ2v) is 7.13. The van der Waals surface area contributed by atoms with Crippen molar-refractivity contribution >= 4 is 27.5 Å². The van der Waals surface area contributed by atoms with Crippen molar-refractivity contribution < 1.29 is 4.79 Å². The third kappa shape index (κ3) is 3.79. The van der Waals surface area contributed by atoms with Crippen LogP contribution in [0, 0.1) is 0 Å². The van der Waals surface area contributed by atoms with Crippen LogP contribution in [0.1, 0.15) is 27.0 Å². The molecule has 0 saturated carbocycles. The summed E-state index contributed by atoms with van der Waals surface area (Å²) in [7, 11) is 3.93. The minimum Gasteiger partial charge on any atom is -0.378 e. The van der Waals surface area contributed by atoms with E-state index in [1.165, 1.54) is 11.1 Å². The number of benzene rings is 2. The molecule has 2 aromatic carbocycles. The Hall–Kier alpha value is -1.85. The normalized spacial score (nSPS) is 13.3. The lowest BCUT2D eigenvalue weighted by atomic mass is 9.98. The Morgan fingerprint density at radius 1 is 1.21 bits per heavy atom. The molecule has 0 radical (unpaired) electrons. The van der Waals surface area contributed by atoms with E-state index in [1.54, 1.807) is 0 Å². The lowest BCUT2D eigenvalue weighted by molar-refractivity contribution is 0.0950. The van der Waals surface area contributed by atoms with Crippen molar-refractivity contribution in [3.63, 3.8) is 0 Å². The molecular weight excluding hydrogens is 366 g/mol. The van der Waals surface area contributed by atoms with E-state index in [2.05, 4.69) is 44.8 Å². The molecule has 3 rings (SSSR count). The van der Waals surface area contributed by atoms with Crippen LogP contribution in [0.3, 0.4) is 0 Å². The first-order valence-corrected chi connectivity index (χ1v) is 8.90. The highest BCUT2D eigenvalue weighted by atomic mass is 79.9. The van der Waals surface area contributed by atoms with Gasteiger partial charge in [0.25, 0.3) is 5.91 Å². The number of nitrogens with one attached hydrogen (secondary N) is 2. The Morgan fingerprint density at radius 3 is 2.83 bits per heavy atom. The summed E-state index contributed by atoms with van der Waals surface area (Å²) in [6.45, 7) is 2.50. The smallest absolute Gasteiger partial charge is 0.252 e. The molecule has 0 aromatic heterocycles. The number of nitrogens with zero attached hydrogens (tertiary/aromatic N) is 1. The molecule has 1 aliphatic heterocycles. The molecule has 0 bridgehead atoms. The van der Waals surface area contributed by atoms with Crippen LogP contribution in [0.5, 0.6) is 0 Å². The lowest BCUT2D eigenvalue weighted by Gasteiger charge is -2.18. The molecule has 0 aliphatic carbocycles. The van der Waals surface area contributed by atoms with Gasteiger partial charge in [0.2, 0.25) is 0 Å². The van der Waals surface area contributed by atoms with E-state index in [-0.39, 0.29) is 5.91 Å². The van der Waals surface area contributed by atoms with Gasteiger partial charge >= 0.3 is 0 Å². The predicted molar refractivity (Wildman–Crippen MR) is 101 cm³/mol. The van der Waals surface area contributed by atoms with E-state index in [0.717, 1.165) is 35.2 Å². The maximum absolute atomic E-state index is 12.5. The molecule has 1 heterocycles. The molecule has 5 heteroatoms. The monoisotopic (exact) mass is 387 g/mol. The summed E-state index contributed by atoms with van der Waals surface area (Å²) in [6.07, 6.45) is 1.05. The second-order valence-electron chi connectivity index (χ2n) is 6.27. The van der Waals surface area contributed by atoms with Crippen LogP contribution in [-0.4, -0.2) is 26.5 Å². The van der Waals surface area contributed by atoms with Crippen molar-refractivity contribution in [1.82, 2.24) is 10.6 Å².